The summed E-state index contributed by atoms with van der Waals surface area (Å²) in [6.45, 7) is 3.56. The van der Waals surface area contributed by atoms with Crippen molar-refractivity contribution in [3.8, 4) is 6.07 Å². The van der Waals surface area contributed by atoms with Crippen molar-refractivity contribution in [2.45, 2.75) is 11.4 Å². The lowest BCUT2D eigenvalue weighted by atomic mass is 10.0. The van der Waals surface area contributed by atoms with Gasteiger partial charge in [-0.05, 0) is 11.0 Å². The second-order valence-electron chi connectivity index (χ2n) is 6.46. The Morgan fingerprint density at radius 1 is 1.58 bits per heavy atom. The van der Waals surface area contributed by atoms with Crippen LogP contribution in [-0.2, 0) is 19.2 Å². The molecular weight excluding hydrogens is 488 g/mol. The van der Waals surface area contributed by atoms with Crippen molar-refractivity contribution in [1.29, 1.82) is 5.26 Å². The topological polar surface area (TPSA) is 171 Å². The number of carbonyl (C=O) groups is 3. The standard InChI is InChI=1S/C19H18N6O5S3/c1-2-5-30-24-12(11-9-33-19(21)22-11)15(26)23-13-16(27)25-14(18(28)29)10(8-32-17(13)25)7-31-6-3-4-20/h2-3,6,9,13,17H,1,5,7-8H2,(H2,21,22)(H,23,26)(H,28,29)/t13?,17-/m0/s1. The average Bonchev–Trinajstić information content (AvgIpc) is 3.22. The minimum Gasteiger partial charge on any atom is -0.477 e. The largest absolute Gasteiger partial charge is 0.477 e. The van der Waals surface area contributed by atoms with Gasteiger partial charge in [0.15, 0.2) is 10.8 Å². The Balaban J connectivity index is 1.76. The Kier molecular flexibility index (Phi) is 8.15. The first kappa shape index (κ1) is 24.4. The summed E-state index contributed by atoms with van der Waals surface area (Å²) in [6, 6.07) is 0.918. The number of thioether (sulfide) groups is 2. The van der Waals surface area contributed by atoms with E-state index in [1.807, 2.05) is 6.07 Å². The number of nitrogens with one attached hydrogen (secondary N) is 1. The Bertz CT molecular complexity index is 1110. The van der Waals surface area contributed by atoms with E-state index < -0.39 is 29.2 Å². The Morgan fingerprint density at radius 3 is 3.00 bits per heavy atom. The number of oxime groups is 1. The molecule has 3 rings (SSSR count). The van der Waals surface area contributed by atoms with Gasteiger partial charge in [-0.2, -0.15) is 5.26 Å². The van der Waals surface area contributed by atoms with Crippen molar-refractivity contribution in [2.24, 2.45) is 5.16 Å². The summed E-state index contributed by atoms with van der Waals surface area (Å²) in [6.07, 6.45) is 2.74. The van der Waals surface area contributed by atoms with E-state index in [1.54, 1.807) is 5.41 Å². The van der Waals surface area contributed by atoms with Crippen molar-refractivity contribution >= 4 is 63.5 Å². The maximum absolute atomic E-state index is 12.9. The third kappa shape index (κ3) is 5.38. The molecule has 1 aromatic rings. The van der Waals surface area contributed by atoms with Gasteiger partial charge in [-0.1, -0.05) is 17.8 Å². The SMILES string of the molecule is C=CCON=C(C(=O)NC1C(=O)N2C(C(=O)O)=C(CSC=CC#N)CS[C@@H]12)c1csc(N)n1. The Labute approximate surface area is 201 Å². The summed E-state index contributed by atoms with van der Waals surface area (Å²) in [5.41, 5.74) is 6.14. The van der Waals surface area contributed by atoms with Crippen molar-refractivity contribution in [2.75, 3.05) is 23.8 Å². The number of anilines is 1. The molecule has 1 saturated heterocycles. The third-order valence-corrected chi connectivity index (χ3v) is 7.22. The van der Waals surface area contributed by atoms with Crippen LogP contribution in [0.25, 0.3) is 0 Å². The van der Waals surface area contributed by atoms with Crippen LogP contribution in [0.1, 0.15) is 5.69 Å². The molecule has 14 heteroatoms. The Morgan fingerprint density at radius 2 is 2.36 bits per heavy atom. The summed E-state index contributed by atoms with van der Waals surface area (Å²) < 4.78 is 0. The summed E-state index contributed by atoms with van der Waals surface area (Å²) >= 11 is 3.72. The van der Waals surface area contributed by atoms with E-state index in [2.05, 4.69) is 22.0 Å². The first-order valence-corrected chi connectivity index (χ1v) is 12.3. The van der Waals surface area contributed by atoms with E-state index in [0.29, 0.717) is 17.1 Å². The molecule has 4 N–H and O–H groups in total. The number of nitriles is 1. The van der Waals surface area contributed by atoms with Gasteiger partial charge in [0, 0.05) is 23.0 Å². The first-order chi connectivity index (χ1) is 15.9. The van der Waals surface area contributed by atoms with E-state index in [4.69, 9.17) is 15.8 Å². The minimum atomic E-state index is -1.23. The second-order valence-corrected chi connectivity index (χ2v) is 9.35. The molecule has 0 aliphatic carbocycles. The van der Waals surface area contributed by atoms with Crippen LogP contribution in [0.4, 0.5) is 5.13 Å². The van der Waals surface area contributed by atoms with Crippen LogP contribution in [0, 0.1) is 11.3 Å². The number of hydrogen-bond acceptors (Lipinski definition) is 11. The lowest BCUT2D eigenvalue weighted by Gasteiger charge is -2.49. The molecule has 0 aromatic carbocycles. The number of nitrogens with zero attached hydrogens (tertiary/aromatic N) is 4. The first-order valence-electron chi connectivity index (χ1n) is 9.28. The number of hydrogen-bond donors (Lipinski definition) is 3. The highest BCUT2D eigenvalue weighted by Crippen LogP contribution is 2.41. The molecule has 2 aliphatic rings. The fraction of sp³-hybridized carbons (Fsp3) is 0.263. The molecule has 33 heavy (non-hydrogen) atoms. The van der Waals surface area contributed by atoms with Crippen LogP contribution in [0.5, 0.6) is 0 Å². The lowest BCUT2D eigenvalue weighted by molar-refractivity contribution is -0.150. The quantitative estimate of drug-likeness (QED) is 0.104. The monoisotopic (exact) mass is 506 g/mol. The average molecular weight is 507 g/mol. The molecule has 1 aromatic heterocycles. The smallest absolute Gasteiger partial charge is 0.352 e. The van der Waals surface area contributed by atoms with Crippen molar-refractivity contribution in [3.05, 3.63) is 46.5 Å². The number of nitrogens with two attached hydrogens (primary N) is 1. The molecule has 3 heterocycles. The predicted molar refractivity (Wildman–Crippen MR) is 126 cm³/mol. The molecule has 0 radical (unpaired) electrons. The van der Waals surface area contributed by atoms with Crippen molar-refractivity contribution in [1.82, 2.24) is 15.2 Å². The van der Waals surface area contributed by atoms with Gasteiger partial charge >= 0.3 is 5.97 Å². The van der Waals surface area contributed by atoms with Crippen LogP contribution >= 0.6 is 34.9 Å². The van der Waals surface area contributed by atoms with Gasteiger partial charge in [0.1, 0.15) is 29.4 Å². The van der Waals surface area contributed by atoms with Crippen LogP contribution in [0.3, 0.4) is 0 Å². The molecule has 0 saturated carbocycles. The molecule has 1 unspecified atom stereocenters. The molecule has 0 spiro atoms. The number of rotatable bonds is 10. The molecule has 2 atom stereocenters. The van der Waals surface area contributed by atoms with Gasteiger partial charge < -0.3 is 21.0 Å². The number of carbonyl (C=O) groups excluding carboxylic acids is 2. The maximum atomic E-state index is 12.9. The number of amides is 2. The number of β-lactam (4-membered cyclic amide) rings is 1. The number of fused-ring (bicyclic) bond motifs is 1. The van der Waals surface area contributed by atoms with Crippen LogP contribution in [-0.4, -0.2) is 68.0 Å². The maximum Gasteiger partial charge on any atom is 0.352 e. The number of nitrogen functional groups attached to an aromatic ring is 1. The number of thiazole rings is 1. The number of carboxylic acids is 1. The summed E-state index contributed by atoms with van der Waals surface area (Å²) in [5.74, 6) is -1.79. The molecule has 0 bridgehead atoms. The molecule has 2 amide bonds. The predicted octanol–water partition coefficient (Wildman–Crippen LogP) is 1.14. The molecule has 1 fully saturated rings. The number of allylic oxidation sites excluding steroid dienone is 1. The molecule has 172 valence electrons. The fourth-order valence-corrected chi connectivity index (χ4v) is 5.70. The molecule has 2 aliphatic heterocycles. The van der Waals surface area contributed by atoms with Crippen LogP contribution in [0.2, 0.25) is 0 Å². The Hall–Kier alpha value is -3.28. The van der Waals surface area contributed by atoms with Gasteiger partial charge in [-0.3, -0.25) is 14.5 Å². The van der Waals surface area contributed by atoms with Gasteiger partial charge in [-0.25, -0.2) is 9.78 Å². The van der Waals surface area contributed by atoms with Gasteiger partial charge in [0.05, 0.1) is 6.07 Å². The summed E-state index contributed by atoms with van der Waals surface area (Å²) in [7, 11) is 0. The highest BCUT2D eigenvalue weighted by atomic mass is 32.2. The van der Waals surface area contributed by atoms with Crippen LogP contribution < -0.4 is 11.1 Å². The van der Waals surface area contributed by atoms with Gasteiger partial charge in [0.2, 0.25) is 0 Å². The number of carboxylic acid groups (broad SMARTS) is 1. The zero-order chi connectivity index (χ0) is 24.0. The fourth-order valence-electron chi connectivity index (χ4n) is 2.99. The van der Waals surface area contributed by atoms with E-state index in [-0.39, 0.29) is 28.8 Å². The highest BCUT2D eigenvalue weighted by molar-refractivity contribution is 8.02. The zero-order valence-corrected chi connectivity index (χ0v) is 19.4. The molecule has 11 nitrogen and oxygen atoms in total. The second kappa shape index (κ2) is 11.0. The molecular formula is C19H18N6O5S3. The van der Waals surface area contributed by atoms with E-state index in [1.165, 1.54) is 46.0 Å². The van der Waals surface area contributed by atoms with E-state index >= 15 is 0 Å². The van der Waals surface area contributed by atoms with Crippen LogP contribution in [0.15, 0.2) is 45.9 Å². The number of aromatic nitrogens is 1. The van der Waals surface area contributed by atoms with Gasteiger partial charge in [0.25, 0.3) is 11.8 Å². The van der Waals surface area contributed by atoms with E-state index in [9.17, 15) is 19.5 Å². The van der Waals surface area contributed by atoms with Gasteiger partial charge in [-0.15, -0.1) is 34.9 Å². The third-order valence-electron chi connectivity index (χ3n) is 4.36. The zero-order valence-electron chi connectivity index (χ0n) is 17.0. The normalized spacial score (nSPS) is 20.2. The summed E-state index contributed by atoms with van der Waals surface area (Å²) in [5, 5.41) is 27.4. The number of aliphatic carboxylic acids is 1. The highest BCUT2D eigenvalue weighted by Gasteiger charge is 2.54. The minimum absolute atomic E-state index is 0.0577. The van der Waals surface area contributed by atoms with Crippen molar-refractivity contribution < 1.29 is 24.3 Å². The lowest BCUT2D eigenvalue weighted by Crippen LogP contribution is -2.71. The van der Waals surface area contributed by atoms with Crippen molar-refractivity contribution in [3.63, 3.8) is 0 Å². The summed E-state index contributed by atoms with van der Waals surface area (Å²) in [4.78, 5) is 47.8. The van der Waals surface area contributed by atoms with E-state index in [0.717, 1.165) is 11.3 Å².